The van der Waals surface area contributed by atoms with E-state index in [0.29, 0.717) is 17.1 Å². The molecule has 0 fully saturated rings. The first-order valence-electron chi connectivity index (χ1n) is 5.51. The standard InChI is InChI=1S/C12H17F3N2O/c1-8(2)17(7-12(13,14)15)9-4-5-10(16)11(6-9)18-3/h4-6,8H,7,16H2,1-3H3. The van der Waals surface area contributed by atoms with Crippen molar-refractivity contribution in [2.75, 3.05) is 24.3 Å². The van der Waals surface area contributed by atoms with Gasteiger partial charge in [0.1, 0.15) is 12.3 Å². The second kappa shape index (κ2) is 5.37. The molecule has 0 aliphatic carbocycles. The van der Waals surface area contributed by atoms with Gasteiger partial charge in [-0.05, 0) is 26.0 Å². The van der Waals surface area contributed by atoms with Crippen LogP contribution in [0.2, 0.25) is 0 Å². The molecule has 0 saturated heterocycles. The van der Waals surface area contributed by atoms with Crippen molar-refractivity contribution in [3.05, 3.63) is 18.2 Å². The molecule has 0 aliphatic heterocycles. The van der Waals surface area contributed by atoms with Crippen LogP contribution in [0.3, 0.4) is 0 Å². The first-order valence-corrected chi connectivity index (χ1v) is 5.51. The maximum atomic E-state index is 12.5. The highest BCUT2D eigenvalue weighted by molar-refractivity contribution is 5.62. The second-order valence-corrected chi connectivity index (χ2v) is 4.26. The van der Waals surface area contributed by atoms with Gasteiger partial charge in [0.15, 0.2) is 0 Å². The zero-order valence-corrected chi connectivity index (χ0v) is 10.6. The lowest BCUT2D eigenvalue weighted by Gasteiger charge is -2.30. The Labute approximate surface area is 104 Å². The van der Waals surface area contributed by atoms with E-state index in [1.54, 1.807) is 26.0 Å². The molecule has 18 heavy (non-hydrogen) atoms. The number of nitrogens with two attached hydrogens (primary N) is 1. The van der Waals surface area contributed by atoms with Crippen LogP contribution in [0.5, 0.6) is 5.75 Å². The molecule has 1 rings (SSSR count). The Morgan fingerprint density at radius 3 is 2.39 bits per heavy atom. The number of hydrogen-bond donors (Lipinski definition) is 1. The Morgan fingerprint density at radius 1 is 1.33 bits per heavy atom. The van der Waals surface area contributed by atoms with Crippen molar-refractivity contribution >= 4 is 11.4 Å². The minimum absolute atomic E-state index is 0.278. The quantitative estimate of drug-likeness (QED) is 0.847. The van der Waals surface area contributed by atoms with Gasteiger partial charge in [-0.3, -0.25) is 0 Å². The highest BCUT2D eigenvalue weighted by atomic mass is 19.4. The van der Waals surface area contributed by atoms with Gasteiger partial charge in [0.2, 0.25) is 0 Å². The van der Waals surface area contributed by atoms with Crippen molar-refractivity contribution in [1.82, 2.24) is 0 Å². The zero-order chi connectivity index (χ0) is 13.9. The molecule has 0 unspecified atom stereocenters. The Balaban J connectivity index is 3.06. The van der Waals surface area contributed by atoms with E-state index in [1.165, 1.54) is 18.1 Å². The topological polar surface area (TPSA) is 38.5 Å². The summed E-state index contributed by atoms with van der Waals surface area (Å²) in [6.07, 6.45) is -4.25. The number of benzene rings is 1. The van der Waals surface area contributed by atoms with Crippen molar-refractivity contribution in [2.24, 2.45) is 0 Å². The first-order chi connectivity index (χ1) is 8.24. The lowest BCUT2D eigenvalue weighted by Crippen LogP contribution is -2.39. The predicted molar refractivity (Wildman–Crippen MR) is 65.9 cm³/mol. The van der Waals surface area contributed by atoms with E-state index in [4.69, 9.17) is 10.5 Å². The monoisotopic (exact) mass is 262 g/mol. The fourth-order valence-corrected chi connectivity index (χ4v) is 1.64. The fraction of sp³-hybridized carbons (Fsp3) is 0.500. The molecule has 0 aromatic heterocycles. The van der Waals surface area contributed by atoms with E-state index in [-0.39, 0.29) is 6.04 Å². The van der Waals surface area contributed by atoms with Crippen molar-refractivity contribution in [2.45, 2.75) is 26.1 Å². The number of halogens is 3. The summed E-state index contributed by atoms with van der Waals surface area (Å²) in [6, 6.07) is 4.34. The number of methoxy groups -OCH3 is 1. The average Bonchev–Trinajstić information content (AvgIpc) is 2.25. The van der Waals surface area contributed by atoms with Crippen LogP contribution in [-0.4, -0.2) is 25.9 Å². The number of ether oxygens (including phenoxy) is 1. The van der Waals surface area contributed by atoms with E-state index < -0.39 is 12.7 Å². The minimum Gasteiger partial charge on any atom is -0.495 e. The Hall–Kier alpha value is -1.59. The zero-order valence-electron chi connectivity index (χ0n) is 10.6. The van der Waals surface area contributed by atoms with E-state index >= 15 is 0 Å². The van der Waals surface area contributed by atoms with Crippen LogP contribution in [-0.2, 0) is 0 Å². The molecule has 0 saturated carbocycles. The number of hydrogen-bond acceptors (Lipinski definition) is 3. The van der Waals surface area contributed by atoms with Crippen LogP contribution >= 0.6 is 0 Å². The normalized spacial score (nSPS) is 11.7. The average molecular weight is 262 g/mol. The summed E-state index contributed by atoms with van der Waals surface area (Å²) in [6.45, 7) is 2.40. The Morgan fingerprint density at radius 2 is 1.94 bits per heavy atom. The molecule has 102 valence electrons. The third-order valence-corrected chi connectivity index (χ3v) is 2.52. The smallest absolute Gasteiger partial charge is 0.405 e. The summed E-state index contributed by atoms with van der Waals surface area (Å²) in [7, 11) is 1.43. The maximum Gasteiger partial charge on any atom is 0.405 e. The van der Waals surface area contributed by atoms with Crippen molar-refractivity contribution in [3.63, 3.8) is 0 Å². The van der Waals surface area contributed by atoms with Gasteiger partial charge >= 0.3 is 6.18 Å². The van der Waals surface area contributed by atoms with Crippen LogP contribution in [0, 0.1) is 0 Å². The number of nitrogen functional groups attached to an aromatic ring is 1. The molecule has 6 heteroatoms. The van der Waals surface area contributed by atoms with Gasteiger partial charge in [0, 0.05) is 17.8 Å². The van der Waals surface area contributed by atoms with Gasteiger partial charge in [-0.1, -0.05) is 0 Å². The van der Waals surface area contributed by atoms with Gasteiger partial charge < -0.3 is 15.4 Å². The molecule has 0 spiro atoms. The highest BCUT2D eigenvalue weighted by Crippen LogP contribution is 2.30. The number of alkyl halides is 3. The van der Waals surface area contributed by atoms with E-state index in [0.717, 1.165) is 0 Å². The molecule has 0 aliphatic rings. The molecule has 0 atom stereocenters. The van der Waals surface area contributed by atoms with Crippen LogP contribution in [0.25, 0.3) is 0 Å². The molecular formula is C12H17F3N2O. The van der Waals surface area contributed by atoms with Gasteiger partial charge in [-0.2, -0.15) is 13.2 Å². The van der Waals surface area contributed by atoms with Gasteiger partial charge in [-0.25, -0.2) is 0 Å². The molecule has 2 N–H and O–H groups in total. The molecular weight excluding hydrogens is 245 g/mol. The Kier molecular flexibility index (Phi) is 4.32. The van der Waals surface area contributed by atoms with Crippen LogP contribution in [0.4, 0.5) is 24.5 Å². The molecule has 0 bridgehead atoms. The fourth-order valence-electron chi connectivity index (χ4n) is 1.64. The summed E-state index contributed by atoms with van der Waals surface area (Å²) in [4.78, 5) is 1.25. The summed E-state index contributed by atoms with van der Waals surface area (Å²) >= 11 is 0. The Bertz CT molecular complexity index is 405. The van der Waals surface area contributed by atoms with Crippen LogP contribution < -0.4 is 15.4 Å². The number of rotatable bonds is 4. The predicted octanol–water partition coefficient (Wildman–Crippen LogP) is 3.05. The largest absolute Gasteiger partial charge is 0.495 e. The highest BCUT2D eigenvalue weighted by Gasteiger charge is 2.32. The summed E-state index contributed by atoms with van der Waals surface area (Å²) in [5, 5.41) is 0. The van der Waals surface area contributed by atoms with Crippen LogP contribution in [0.1, 0.15) is 13.8 Å². The van der Waals surface area contributed by atoms with E-state index in [2.05, 4.69) is 0 Å². The van der Waals surface area contributed by atoms with Gasteiger partial charge in [0.05, 0.1) is 12.8 Å². The second-order valence-electron chi connectivity index (χ2n) is 4.26. The third kappa shape index (κ3) is 3.72. The van der Waals surface area contributed by atoms with Crippen molar-refractivity contribution < 1.29 is 17.9 Å². The molecule has 1 aromatic rings. The molecule has 0 radical (unpaired) electrons. The van der Waals surface area contributed by atoms with Crippen molar-refractivity contribution in [3.8, 4) is 5.75 Å². The molecule has 3 nitrogen and oxygen atoms in total. The summed E-state index contributed by atoms with van der Waals surface area (Å²) in [5.41, 5.74) is 6.48. The lowest BCUT2D eigenvalue weighted by atomic mass is 10.2. The molecule has 1 aromatic carbocycles. The maximum absolute atomic E-state index is 12.5. The summed E-state index contributed by atoms with van der Waals surface area (Å²) < 4.78 is 42.6. The summed E-state index contributed by atoms with van der Waals surface area (Å²) in [5.74, 6) is 0.375. The lowest BCUT2D eigenvalue weighted by molar-refractivity contribution is -0.120. The van der Waals surface area contributed by atoms with E-state index in [9.17, 15) is 13.2 Å². The minimum atomic E-state index is -4.25. The molecule has 0 amide bonds. The first kappa shape index (κ1) is 14.5. The van der Waals surface area contributed by atoms with E-state index in [1.807, 2.05) is 0 Å². The number of nitrogens with zero attached hydrogens (tertiary/aromatic N) is 1. The van der Waals surface area contributed by atoms with Crippen molar-refractivity contribution in [1.29, 1.82) is 0 Å². The van der Waals surface area contributed by atoms with Crippen LogP contribution in [0.15, 0.2) is 18.2 Å². The van der Waals surface area contributed by atoms with Gasteiger partial charge in [-0.15, -0.1) is 0 Å². The SMILES string of the molecule is COc1cc(N(CC(F)(F)F)C(C)C)ccc1N. The third-order valence-electron chi connectivity index (χ3n) is 2.52. The van der Waals surface area contributed by atoms with Gasteiger partial charge in [0.25, 0.3) is 0 Å². The number of anilines is 2. The molecule has 0 heterocycles.